The van der Waals surface area contributed by atoms with Gasteiger partial charge in [0, 0.05) is 48.2 Å². The summed E-state index contributed by atoms with van der Waals surface area (Å²) in [4.78, 5) is 30.8. The monoisotopic (exact) mass is 443 g/mol. The van der Waals surface area contributed by atoms with E-state index in [2.05, 4.69) is 29.5 Å². The number of anilines is 1. The molecule has 0 spiro atoms. The first-order valence-electron chi connectivity index (χ1n) is 10.5. The molecule has 2 aromatic rings. The van der Waals surface area contributed by atoms with Crippen LogP contribution in [0.1, 0.15) is 32.3 Å². The number of piperidine rings is 1. The first-order chi connectivity index (χ1) is 14.8. The summed E-state index contributed by atoms with van der Waals surface area (Å²) in [5.41, 5.74) is 7.83. The van der Waals surface area contributed by atoms with E-state index >= 15 is 0 Å². The molecule has 1 aromatic carbocycles. The zero-order valence-corrected chi connectivity index (χ0v) is 18.7. The molecule has 3 rings (SSSR count). The van der Waals surface area contributed by atoms with E-state index in [4.69, 9.17) is 17.3 Å². The van der Waals surface area contributed by atoms with E-state index in [1.165, 1.54) is 0 Å². The Hall–Kier alpha value is -2.64. The summed E-state index contributed by atoms with van der Waals surface area (Å²) in [7, 11) is 0. The third-order valence-electron chi connectivity index (χ3n) is 5.90. The fourth-order valence-electron chi connectivity index (χ4n) is 3.74. The first kappa shape index (κ1) is 23.0. The van der Waals surface area contributed by atoms with Gasteiger partial charge in [-0.2, -0.15) is 0 Å². The molecule has 1 aliphatic heterocycles. The molecule has 8 heteroatoms. The molecule has 2 heterocycles. The molecular weight excluding hydrogens is 414 g/mol. The van der Waals surface area contributed by atoms with E-state index in [-0.39, 0.29) is 23.3 Å². The lowest BCUT2D eigenvalue weighted by Gasteiger charge is -2.34. The molecule has 1 atom stereocenters. The topological polar surface area (TPSA) is 100 Å². The maximum atomic E-state index is 12.7. The summed E-state index contributed by atoms with van der Waals surface area (Å²) in [5, 5.41) is 6.55. The first-order valence-corrected chi connectivity index (χ1v) is 10.9. The molecule has 7 nitrogen and oxygen atoms in total. The number of carbonyl (C=O) groups is 2. The second-order valence-corrected chi connectivity index (χ2v) is 9.06. The Balaban J connectivity index is 1.46. The normalized spacial score (nSPS) is 15.9. The number of rotatable bonds is 6. The van der Waals surface area contributed by atoms with Crippen molar-refractivity contribution in [2.24, 2.45) is 11.7 Å². The number of urea groups is 1. The lowest BCUT2D eigenvalue weighted by Crippen LogP contribution is -2.52. The molecule has 0 aliphatic carbocycles. The van der Waals surface area contributed by atoms with E-state index in [1.807, 2.05) is 24.3 Å². The van der Waals surface area contributed by atoms with E-state index in [1.54, 1.807) is 29.4 Å². The third-order valence-corrected chi connectivity index (χ3v) is 6.15. The maximum Gasteiger partial charge on any atom is 0.321 e. The van der Waals surface area contributed by atoms with Gasteiger partial charge in [0.05, 0.1) is 6.04 Å². The molecule has 0 radical (unpaired) electrons. The molecule has 1 fully saturated rings. The van der Waals surface area contributed by atoms with Crippen LogP contribution in [0.25, 0.3) is 0 Å². The average molecular weight is 444 g/mol. The van der Waals surface area contributed by atoms with Gasteiger partial charge in [0.1, 0.15) is 0 Å². The Kier molecular flexibility index (Phi) is 7.51. The van der Waals surface area contributed by atoms with Crippen molar-refractivity contribution in [2.45, 2.75) is 38.1 Å². The lowest BCUT2D eigenvalue weighted by molar-refractivity contribution is -0.124. The highest BCUT2D eigenvalue weighted by Gasteiger charge is 2.31. The van der Waals surface area contributed by atoms with Crippen LogP contribution >= 0.6 is 11.6 Å². The van der Waals surface area contributed by atoms with Gasteiger partial charge in [0.25, 0.3) is 0 Å². The molecule has 31 heavy (non-hydrogen) atoms. The van der Waals surface area contributed by atoms with Crippen molar-refractivity contribution in [3.63, 3.8) is 0 Å². The Labute approximate surface area is 188 Å². The molecule has 166 valence electrons. The molecule has 0 saturated carbocycles. The fourth-order valence-corrected chi connectivity index (χ4v) is 3.87. The Morgan fingerprint density at radius 2 is 1.77 bits per heavy atom. The van der Waals surface area contributed by atoms with E-state index < -0.39 is 6.04 Å². The fraction of sp³-hybridized carbons (Fsp3) is 0.435. The number of aromatic nitrogens is 1. The predicted molar refractivity (Wildman–Crippen MR) is 123 cm³/mol. The van der Waals surface area contributed by atoms with Crippen molar-refractivity contribution in [2.75, 3.05) is 25.0 Å². The van der Waals surface area contributed by atoms with Crippen LogP contribution in [0.2, 0.25) is 5.02 Å². The van der Waals surface area contributed by atoms with Gasteiger partial charge in [-0.1, -0.05) is 37.6 Å². The summed E-state index contributed by atoms with van der Waals surface area (Å²) in [6, 6.07) is 10.4. The van der Waals surface area contributed by atoms with Crippen LogP contribution in [-0.4, -0.2) is 47.5 Å². The van der Waals surface area contributed by atoms with Crippen LogP contribution in [0, 0.1) is 5.92 Å². The van der Waals surface area contributed by atoms with E-state index in [9.17, 15) is 9.59 Å². The summed E-state index contributed by atoms with van der Waals surface area (Å²) < 4.78 is 0. The van der Waals surface area contributed by atoms with Crippen LogP contribution in [0.5, 0.6) is 0 Å². The van der Waals surface area contributed by atoms with Crippen molar-refractivity contribution >= 4 is 29.2 Å². The minimum absolute atomic E-state index is 0.0450. The molecule has 4 N–H and O–H groups in total. The third kappa shape index (κ3) is 6.18. The average Bonchev–Trinajstić information content (AvgIpc) is 2.78. The number of halogens is 1. The number of hydrogen-bond donors (Lipinski definition) is 3. The van der Waals surface area contributed by atoms with Gasteiger partial charge >= 0.3 is 6.03 Å². The Morgan fingerprint density at radius 1 is 1.16 bits per heavy atom. The van der Waals surface area contributed by atoms with Crippen LogP contribution < -0.4 is 16.4 Å². The highest BCUT2D eigenvalue weighted by atomic mass is 35.5. The van der Waals surface area contributed by atoms with Gasteiger partial charge in [-0.3, -0.25) is 9.78 Å². The van der Waals surface area contributed by atoms with Gasteiger partial charge in [0.15, 0.2) is 0 Å². The number of nitrogens with zero attached hydrogens (tertiary/aromatic N) is 2. The number of nitrogens with one attached hydrogen (secondary N) is 2. The number of nitrogens with two attached hydrogens (primary N) is 1. The van der Waals surface area contributed by atoms with Gasteiger partial charge in [-0.15, -0.1) is 0 Å². The van der Waals surface area contributed by atoms with Crippen molar-refractivity contribution in [3.8, 4) is 0 Å². The summed E-state index contributed by atoms with van der Waals surface area (Å²) in [6.45, 7) is 5.76. The molecule has 1 aliphatic rings. The second kappa shape index (κ2) is 10.1. The second-order valence-electron chi connectivity index (χ2n) is 8.62. The molecule has 3 amide bonds. The zero-order chi connectivity index (χ0) is 22.4. The number of hydrogen-bond acceptors (Lipinski definition) is 4. The molecule has 0 unspecified atom stereocenters. The number of pyridine rings is 1. The summed E-state index contributed by atoms with van der Waals surface area (Å²) >= 11 is 5.97. The summed E-state index contributed by atoms with van der Waals surface area (Å²) in [5.74, 6) is -0.106. The quantitative estimate of drug-likeness (QED) is 0.636. The Bertz CT molecular complexity index is 881. The van der Waals surface area contributed by atoms with Crippen LogP contribution in [-0.2, 0) is 10.2 Å². The van der Waals surface area contributed by atoms with Crippen molar-refractivity contribution in [1.82, 2.24) is 15.2 Å². The standard InChI is InChI=1S/C23H30ClN5O2/c1-23(2,17-3-5-18(24)6-4-17)15-27-21(30)20(25)16-9-13-29(14-10-16)22(31)28-19-7-11-26-12-8-19/h3-8,11-12,16,20H,9-10,13-15,25H2,1-2H3,(H,27,30)(H,26,28,31)/t20-/m0/s1. The van der Waals surface area contributed by atoms with E-state index in [0.29, 0.717) is 43.2 Å². The van der Waals surface area contributed by atoms with Crippen molar-refractivity contribution in [1.29, 1.82) is 0 Å². The lowest BCUT2D eigenvalue weighted by atomic mass is 9.84. The van der Waals surface area contributed by atoms with Crippen LogP contribution in [0.4, 0.5) is 10.5 Å². The van der Waals surface area contributed by atoms with Crippen molar-refractivity contribution in [3.05, 3.63) is 59.4 Å². The van der Waals surface area contributed by atoms with E-state index in [0.717, 1.165) is 5.56 Å². The molecular formula is C23H30ClN5O2. The predicted octanol–water partition coefficient (Wildman–Crippen LogP) is 3.40. The van der Waals surface area contributed by atoms with Crippen molar-refractivity contribution < 1.29 is 9.59 Å². The number of likely N-dealkylation sites (tertiary alicyclic amines) is 1. The van der Waals surface area contributed by atoms with Gasteiger partial charge in [-0.05, 0) is 48.6 Å². The van der Waals surface area contributed by atoms with Gasteiger partial charge in [0.2, 0.25) is 5.91 Å². The number of amides is 3. The minimum atomic E-state index is -0.591. The SMILES string of the molecule is CC(C)(CNC(=O)[C@@H](N)C1CCN(C(=O)Nc2ccncc2)CC1)c1ccc(Cl)cc1. The molecule has 0 bridgehead atoms. The largest absolute Gasteiger partial charge is 0.354 e. The number of carbonyl (C=O) groups excluding carboxylic acids is 2. The highest BCUT2D eigenvalue weighted by molar-refractivity contribution is 6.30. The highest BCUT2D eigenvalue weighted by Crippen LogP contribution is 2.25. The molecule has 1 aromatic heterocycles. The molecule has 1 saturated heterocycles. The zero-order valence-electron chi connectivity index (χ0n) is 18.0. The number of benzene rings is 1. The smallest absolute Gasteiger partial charge is 0.321 e. The van der Waals surface area contributed by atoms with Gasteiger partial charge < -0.3 is 21.3 Å². The van der Waals surface area contributed by atoms with Crippen LogP contribution in [0.15, 0.2) is 48.8 Å². The summed E-state index contributed by atoms with van der Waals surface area (Å²) in [6.07, 6.45) is 4.65. The van der Waals surface area contributed by atoms with Gasteiger partial charge in [-0.25, -0.2) is 4.79 Å². The Morgan fingerprint density at radius 3 is 2.39 bits per heavy atom. The maximum absolute atomic E-state index is 12.7. The minimum Gasteiger partial charge on any atom is -0.354 e. The van der Waals surface area contributed by atoms with Crippen LogP contribution in [0.3, 0.4) is 0 Å².